The summed E-state index contributed by atoms with van der Waals surface area (Å²) in [5.74, 6) is 0.515. The smallest absolute Gasteiger partial charge is 0.263 e. The number of nitrogens with one attached hydrogen (secondary N) is 1. The van der Waals surface area contributed by atoms with E-state index in [4.69, 9.17) is 4.52 Å². The molecule has 1 amide bonds. The van der Waals surface area contributed by atoms with Gasteiger partial charge in [-0.25, -0.2) is 8.42 Å². The van der Waals surface area contributed by atoms with Gasteiger partial charge in [0.05, 0.1) is 10.6 Å². The zero-order chi connectivity index (χ0) is 17.5. The number of anilines is 2. The van der Waals surface area contributed by atoms with Gasteiger partial charge in [-0.05, 0) is 25.1 Å². The lowest BCUT2D eigenvalue weighted by Gasteiger charge is -2.32. The molecule has 1 aliphatic rings. The first kappa shape index (κ1) is 16.8. The number of nitrogens with zero attached hydrogens (tertiary/aromatic N) is 2. The first-order valence-electron chi connectivity index (χ1n) is 7.31. The molecule has 3 rings (SSSR count). The maximum Gasteiger partial charge on any atom is 0.263 e. The highest BCUT2D eigenvalue weighted by atomic mass is 32.2. The second-order valence-electron chi connectivity index (χ2n) is 5.62. The highest BCUT2D eigenvalue weighted by molar-refractivity contribution is 8.00. The lowest BCUT2D eigenvalue weighted by atomic mass is 10.2. The van der Waals surface area contributed by atoms with Gasteiger partial charge >= 0.3 is 0 Å². The molecular formula is C15H17N3O4S2. The Hall–Kier alpha value is -2.00. The van der Waals surface area contributed by atoms with E-state index < -0.39 is 10.0 Å². The fraction of sp³-hybridized carbons (Fsp3) is 0.333. The molecule has 0 aliphatic carbocycles. The van der Waals surface area contributed by atoms with Gasteiger partial charge in [0.25, 0.3) is 10.0 Å². The highest BCUT2D eigenvalue weighted by Gasteiger charge is 2.27. The molecule has 0 bridgehead atoms. The van der Waals surface area contributed by atoms with Crippen molar-refractivity contribution >= 4 is 39.2 Å². The van der Waals surface area contributed by atoms with Crippen molar-refractivity contribution in [2.45, 2.75) is 35.8 Å². The topological polar surface area (TPSA) is 92.5 Å². The van der Waals surface area contributed by atoms with Crippen LogP contribution in [0, 0.1) is 6.92 Å². The fourth-order valence-electron chi connectivity index (χ4n) is 2.49. The van der Waals surface area contributed by atoms with Gasteiger partial charge in [-0.1, -0.05) is 12.1 Å². The van der Waals surface area contributed by atoms with Crippen molar-refractivity contribution in [2.75, 3.05) is 16.2 Å². The third-order valence-corrected chi connectivity index (χ3v) is 6.05. The first-order chi connectivity index (χ1) is 11.3. The van der Waals surface area contributed by atoms with E-state index in [1.165, 1.54) is 25.1 Å². The molecule has 0 saturated heterocycles. The van der Waals surface area contributed by atoms with Crippen molar-refractivity contribution in [3.63, 3.8) is 0 Å². The third-order valence-electron chi connectivity index (χ3n) is 3.55. The highest BCUT2D eigenvalue weighted by Crippen LogP contribution is 2.39. The van der Waals surface area contributed by atoms with E-state index in [0.717, 1.165) is 4.90 Å². The van der Waals surface area contributed by atoms with E-state index in [0.29, 0.717) is 18.0 Å². The first-order valence-corrected chi connectivity index (χ1v) is 9.67. The Morgan fingerprint density at radius 3 is 2.79 bits per heavy atom. The molecule has 0 spiro atoms. The number of amides is 1. The normalized spacial score (nSPS) is 17.5. The van der Waals surface area contributed by atoms with E-state index in [9.17, 15) is 13.2 Å². The lowest BCUT2D eigenvalue weighted by molar-refractivity contribution is -0.116. The van der Waals surface area contributed by atoms with Gasteiger partial charge in [0.15, 0.2) is 5.82 Å². The summed E-state index contributed by atoms with van der Waals surface area (Å²) in [6.45, 7) is 5.73. The average Bonchev–Trinajstić information content (AvgIpc) is 2.90. The maximum atomic E-state index is 12.5. The summed E-state index contributed by atoms with van der Waals surface area (Å²) in [6.07, 6.45) is 0. The molecule has 0 fully saturated rings. The van der Waals surface area contributed by atoms with Gasteiger partial charge < -0.3 is 9.42 Å². The maximum absolute atomic E-state index is 12.5. The van der Waals surface area contributed by atoms with Gasteiger partial charge in [-0.15, -0.1) is 11.8 Å². The zero-order valence-electron chi connectivity index (χ0n) is 13.4. The fourth-order valence-corrected chi connectivity index (χ4v) is 4.59. The molecule has 24 heavy (non-hydrogen) atoms. The summed E-state index contributed by atoms with van der Waals surface area (Å²) < 4.78 is 32.3. The summed E-state index contributed by atoms with van der Waals surface area (Å²) in [7, 11) is -3.82. The van der Waals surface area contributed by atoms with Crippen LogP contribution in [0.3, 0.4) is 0 Å². The molecule has 1 aromatic heterocycles. The Labute approximate surface area is 144 Å². The molecule has 2 heterocycles. The SMILES string of the molecule is CC(=O)N1CC(C)Sc2ccc(S(=O)(=O)Nc3cc(C)on3)cc21. The van der Waals surface area contributed by atoms with Crippen molar-refractivity contribution in [3.05, 3.63) is 30.0 Å². The second-order valence-corrected chi connectivity index (χ2v) is 8.78. The molecule has 2 aromatic rings. The van der Waals surface area contributed by atoms with Crippen LogP contribution in [0.4, 0.5) is 11.5 Å². The van der Waals surface area contributed by atoms with Gasteiger partial charge in [0, 0.05) is 29.7 Å². The lowest BCUT2D eigenvalue weighted by Crippen LogP contribution is -2.37. The van der Waals surface area contributed by atoms with E-state index in [1.54, 1.807) is 29.7 Å². The van der Waals surface area contributed by atoms with Gasteiger partial charge in [-0.2, -0.15) is 0 Å². The van der Waals surface area contributed by atoms with Crippen LogP contribution >= 0.6 is 11.8 Å². The van der Waals surface area contributed by atoms with Crippen LogP contribution in [0.15, 0.2) is 38.6 Å². The largest absolute Gasteiger partial charge is 0.360 e. The monoisotopic (exact) mass is 367 g/mol. The zero-order valence-corrected chi connectivity index (χ0v) is 15.1. The predicted molar refractivity (Wildman–Crippen MR) is 91.8 cm³/mol. The molecule has 0 saturated carbocycles. The third kappa shape index (κ3) is 3.27. The number of hydrogen-bond acceptors (Lipinski definition) is 6. The van der Waals surface area contributed by atoms with E-state index in [2.05, 4.69) is 9.88 Å². The minimum absolute atomic E-state index is 0.0725. The number of benzene rings is 1. The number of hydrogen-bond donors (Lipinski definition) is 1. The number of thioether (sulfide) groups is 1. The molecule has 1 N–H and O–H groups in total. The number of carbonyl (C=O) groups excluding carboxylic acids is 1. The number of aromatic nitrogens is 1. The average molecular weight is 367 g/mol. The van der Waals surface area contributed by atoms with E-state index in [-0.39, 0.29) is 21.9 Å². The predicted octanol–water partition coefficient (Wildman–Crippen LogP) is 2.63. The molecule has 1 unspecified atom stereocenters. The van der Waals surface area contributed by atoms with Crippen LogP contribution in [0.25, 0.3) is 0 Å². The second kappa shape index (κ2) is 6.14. The van der Waals surface area contributed by atoms with Crippen LogP contribution in [-0.2, 0) is 14.8 Å². The van der Waals surface area contributed by atoms with Gasteiger partial charge in [-0.3, -0.25) is 9.52 Å². The van der Waals surface area contributed by atoms with Crippen LogP contribution in [0.2, 0.25) is 0 Å². The number of sulfonamides is 1. The number of fused-ring (bicyclic) bond motifs is 1. The van der Waals surface area contributed by atoms with E-state index >= 15 is 0 Å². The Bertz CT molecular complexity index is 892. The minimum Gasteiger partial charge on any atom is -0.360 e. The van der Waals surface area contributed by atoms with Crippen molar-refractivity contribution in [1.82, 2.24) is 5.16 Å². The minimum atomic E-state index is -3.82. The Morgan fingerprint density at radius 2 is 2.17 bits per heavy atom. The van der Waals surface area contributed by atoms with Crippen molar-refractivity contribution in [2.24, 2.45) is 0 Å². The molecule has 1 aliphatic heterocycles. The number of rotatable bonds is 3. The summed E-state index contributed by atoms with van der Waals surface area (Å²) in [5, 5.41) is 3.88. The molecule has 9 heteroatoms. The van der Waals surface area contributed by atoms with Crippen molar-refractivity contribution < 1.29 is 17.7 Å². The van der Waals surface area contributed by atoms with Crippen molar-refractivity contribution in [1.29, 1.82) is 0 Å². The standard InChI is InChI=1S/C15H17N3O4S2/c1-9-6-15(16-22-9)17-24(20,21)12-4-5-14-13(7-12)18(11(3)19)8-10(2)23-14/h4-7,10H,8H2,1-3H3,(H,16,17). The number of carbonyl (C=O) groups is 1. The molecule has 1 aromatic carbocycles. The Morgan fingerprint density at radius 1 is 1.42 bits per heavy atom. The summed E-state index contributed by atoms with van der Waals surface area (Å²) in [4.78, 5) is 14.5. The summed E-state index contributed by atoms with van der Waals surface area (Å²) >= 11 is 1.62. The molecule has 0 radical (unpaired) electrons. The van der Waals surface area contributed by atoms with Gasteiger partial charge in [0.2, 0.25) is 5.91 Å². The molecular weight excluding hydrogens is 350 g/mol. The quantitative estimate of drug-likeness (QED) is 0.896. The van der Waals surface area contributed by atoms with E-state index in [1.807, 2.05) is 6.92 Å². The van der Waals surface area contributed by atoms with Crippen LogP contribution < -0.4 is 9.62 Å². The molecule has 1 atom stereocenters. The van der Waals surface area contributed by atoms with Crippen LogP contribution in [-0.4, -0.2) is 31.3 Å². The van der Waals surface area contributed by atoms with Crippen LogP contribution in [0.1, 0.15) is 19.6 Å². The summed E-state index contributed by atoms with van der Waals surface area (Å²) in [5.41, 5.74) is 0.616. The Balaban J connectivity index is 1.98. The van der Waals surface area contributed by atoms with Crippen molar-refractivity contribution in [3.8, 4) is 0 Å². The molecule has 7 nitrogen and oxygen atoms in total. The Kier molecular flexibility index (Phi) is 4.31. The summed E-state index contributed by atoms with van der Waals surface area (Å²) in [6, 6.07) is 6.27. The molecule has 128 valence electrons. The van der Waals surface area contributed by atoms with Gasteiger partial charge in [0.1, 0.15) is 5.76 Å². The van der Waals surface area contributed by atoms with Crippen LogP contribution in [0.5, 0.6) is 0 Å². The number of aryl methyl sites for hydroxylation is 1.